The van der Waals surface area contributed by atoms with E-state index < -0.39 is 12.1 Å². The molecule has 5 heteroatoms. The molecule has 1 aliphatic rings. The number of hydrogen-bond donors (Lipinski definition) is 1. The van der Waals surface area contributed by atoms with Crippen LogP contribution >= 0.6 is 11.6 Å². The average molecular weight is 316 g/mol. The number of carbonyl (C=O) groups excluding carboxylic acids is 2. The molecule has 0 saturated carbocycles. The van der Waals surface area contributed by atoms with E-state index in [1.807, 2.05) is 31.2 Å². The summed E-state index contributed by atoms with van der Waals surface area (Å²) in [5, 5.41) is 3.33. The summed E-state index contributed by atoms with van der Waals surface area (Å²) < 4.78 is 5.23. The molecule has 2 aromatic rings. The maximum Gasteiger partial charge on any atom is 0.339 e. The molecule has 1 atom stereocenters. The molecule has 1 unspecified atom stereocenters. The van der Waals surface area contributed by atoms with Crippen molar-refractivity contribution in [3.05, 3.63) is 64.2 Å². The van der Waals surface area contributed by atoms with Crippen LogP contribution in [0.2, 0.25) is 5.02 Å². The average Bonchev–Trinajstić information content (AvgIpc) is 2.49. The lowest BCUT2D eigenvalue weighted by molar-refractivity contribution is -0.125. The fourth-order valence-electron chi connectivity index (χ4n) is 2.44. The summed E-state index contributed by atoms with van der Waals surface area (Å²) in [6.07, 6.45) is -0.530. The first-order valence-electron chi connectivity index (χ1n) is 6.90. The topological polar surface area (TPSA) is 55.4 Å². The molecule has 0 radical (unpaired) electrons. The Morgan fingerprint density at radius 1 is 1.27 bits per heavy atom. The van der Waals surface area contributed by atoms with Gasteiger partial charge in [0, 0.05) is 17.1 Å². The van der Waals surface area contributed by atoms with Crippen LogP contribution in [0.5, 0.6) is 0 Å². The second-order valence-corrected chi connectivity index (χ2v) is 5.64. The Bertz CT molecular complexity index is 757. The molecule has 1 N–H and O–H groups in total. The Morgan fingerprint density at radius 3 is 2.82 bits per heavy atom. The molecular formula is C17H14ClNO3. The SMILES string of the molecule is Cc1ccccc1NC(=O)C1Cc2cc(Cl)ccc2C(=O)O1. The van der Waals surface area contributed by atoms with Crippen molar-refractivity contribution >= 4 is 29.2 Å². The Balaban J connectivity index is 1.80. The molecule has 0 saturated heterocycles. The van der Waals surface area contributed by atoms with Gasteiger partial charge in [-0.05, 0) is 42.3 Å². The number of para-hydroxylation sites is 1. The van der Waals surface area contributed by atoms with Gasteiger partial charge in [-0.1, -0.05) is 29.8 Å². The Hall–Kier alpha value is -2.33. The Kier molecular flexibility index (Phi) is 3.86. The molecule has 1 aliphatic heterocycles. The van der Waals surface area contributed by atoms with E-state index in [2.05, 4.69) is 5.32 Å². The van der Waals surface area contributed by atoms with Gasteiger partial charge >= 0.3 is 5.97 Å². The summed E-state index contributed by atoms with van der Waals surface area (Å²) in [4.78, 5) is 24.3. The van der Waals surface area contributed by atoms with E-state index in [1.54, 1.807) is 18.2 Å². The van der Waals surface area contributed by atoms with Gasteiger partial charge in [-0.15, -0.1) is 0 Å². The minimum absolute atomic E-state index is 0.319. The molecule has 0 fully saturated rings. The van der Waals surface area contributed by atoms with Gasteiger partial charge in [0.2, 0.25) is 0 Å². The molecule has 0 aliphatic carbocycles. The highest BCUT2D eigenvalue weighted by atomic mass is 35.5. The van der Waals surface area contributed by atoms with Crippen molar-refractivity contribution < 1.29 is 14.3 Å². The standard InChI is InChI=1S/C17H14ClNO3/c1-10-4-2-3-5-14(10)19-16(20)15-9-11-8-12(18)6-7-13(11)17(21)22-15/h2-8,15H,9H2,1H3,(H,19,20). The maximum atomic E-state index is 12.3. The van der Waals surface area contributed by atoms with E-state index in [0.717, 1.165) is 11.1 Å². The number of fused-ring (bicyclic) bond motifs is 1. The van der Waals surface area contributed by atoms with E-state index in [9.17, 15) is 9.59 Å². The van der Waals surface area contributed by atoms with Crippen molar-refractivity contribution in [2.24, 2.45) is 0 Å². The first-order chi connectivity index (χ1) is 10.5. The van der Waals surface area contributed by atoms with Crippen LogP contribution in [0.15, 0.2) is 42.5 Å². The predicted octanol–water partition coefficient (Wildman–Crippen LogP) is 3.37. The number of anilines is 1. The second kappa shape index (κ2) is 5.81. The third-order valence-electron chi connectivity index (χ3n) is 3.64. The van der Waals surface area contributed by atoms with E-state index >= 15 is 0 Å². The zero-order chi connectivity index (χ0) is 15.7. The summed E-state index contributed by atoms with van der Waals surface area (Å²) in [5.41, 5.74) is 2.85. The highest BCUT2D eigenvalue weighted by Crippen LogP contribution is 2.25. The van der Waals surface area contributed by atoms with E-state index in [4.69, 9.17) is 16.3 Å². The third kappa shape index (κ3) is 2.83. The summed E-state index contributed by atoms with van der Waals surface area (Å²) in [7, 11) is 0. The van der Waals surface area contributed by atoms with Crippen molar-refractivity contribution in [2.45, 2.75) is 19.4 Å². The molecule has 2 aromatic carbocycles. The van der Waals surface area contributed by atoms with E-state index in [-0.39, 0.29) is 5.91 Å². The van der Waals surface area contributed by atoms with Gasteiger partial charge in [0.25, 0.3) is 5.91 Å². The van der Waals surface area contributed by atoms with Crippen LogP contribution in [0, 0.1) is 6.92 Å². The van der Waals surface area contributed by atoms with Gasteiger partial charge in [-0.25, -0.2) is 4.79 Å². The number of nitrogens with one attached hydrogen (secondary N) is 1. The lowest BCUT2D eigenvalue weighted by Gasteiger charge is -2.24. The molecule has 4 nitrogen and oxygen atoms in total. The highest BCUT2D eigenvalue weighted by Gasteiger charge is 2.31. The number of cyclic esters (lactones) is 1. The zero-order valence-electron chi connectivity index (χ0n) is 11.9. The lowest BCUT2D eigenvalue weighted by Crippen LogP contribution is -2.38. The van der Waals surface area contributed by atoms with Gasteiger partial charge in [-0.3, -0.25) is 4.79 Å². The van der Waals surface area contributed by atoms with Gasteiger partial charge in [0.05, 0.1) is 5.56 Å². The zero-order valence-corrected chi connectivity index (χ0v) is 12.7. The maximum absolute atomic E-state index is 12.3. The number of amides is 1. The number of hydrogen-bond acceptors (Lipinski definition) is 3. The van der Waals surface area contributed by atoms with Crippen LogP contribution in [0.3, 0.4) is 0 Å². The molecule has 1 amide bonds. The van der Waals surface area contributed by atoms with Crippen molar-refractivity contribution in [1.82, 2.24) is 0 Å². The van der Waals surface area contributed by atoms with Gasteiger partial charge in [-0.2, -0.15) is 0 Å². The Morgan fingerprint density at radius 2 is 2.05 bits per heavy atom. The van der Waals surface area contributed by atoms with Crippen LogP contribution < -0.4 is 5.32 Å². The van der Waals surface area contributed by atoms with Crippen LogP contribution in [0.1, 0.15) is 21.5 Å². The summed E-state index contributed by atoms with van der Waals surface area (Å²) in [5.74, 6) is -0.837. The molecule has 22 heavy (non-hydrogen) atoms. The Labute approximate surface area is 133 Å². The van der Waals surface area contributed by atoms with Crippen LogP contribution in [-0.2, 0) is 16.0 Å². The summed E-state index contributed by atoms with van der Waals surface area (Å²) in [6, 6.07) is 12.4. The third-order valence-corrected chi connectivity index (χ3v) is 3.87. The number of ether oxygens (including phenoxy) is 1. The van der Waals surface area contributed by atoms with Crippen molar-refractivity contribution in [3.8, 4) is 0 Å². The fourth-order valence-corrected chi connectivity index (χ4v) is 2.63. The number of rotatable bonds is 2. The first-order valence-corrected chi connectivity index (χ1v) is 7.28. The molecule has 3 rings (SSSR count). The number of benzene rings is 2. The number of carbonyl (C=O) groups is 2. The quantitative estimate of drug-likeness (QED) is 0.864. The molecule has 0 bridgehead atoms. The van der Waals surface area contributed by atoms with Crippen LogP contribution in [0.25, 0.3) is 0 Å². The minimum Gasteiger partial charge on any atom is -0.448 e. The molecule has 1 heterocycles. The molecule has 0 spiro atoms. The number of esters is 1. The van der Waals surface area contributed by atoms with Crippen molar-refractivity contribution in [2.75, 3.05) is 5.32 Å². The molecule has 0 aromatic heterocycles. The van der Waals surface area contributed by atoms with Gasteiger partial charge in [0.15, 0.2) is 6.10 Å². The number of aryl methyl sites for hydroxylation is 1. The fraction of sp³-hybridized carbons (Fsp3) is 0.176. The van der Waals surface area contributed by atoms with E-state index in [0.29, 0.717) is 22.7 Å². The largest absolute Gasteiger partial charge is 0.448 e. The molecular weight excluding hydrogens is 302 g/mol. The summed E-state index contributed by atoms with van der Waals surface area (Å²) >= 11 is 5.95. The van der Waals surface area contributed by atoms with Crippen LogP contribution in [0.4, 0.5) is 5.69 Å². The monoisotopic (exact) mass is 315 g/mol. The lowest BCUT2D eigenvalue weighted by atomic mass is 9.98. The highest BCUT2D eigenvalue weighted by molar-refractivity contribution is 6.30. The predicted molar refractivity (Wildman–Crippen MR) is 84.2 cm³/mol. The summed E-state index contributed by atoms with van der Waals surface area (Å²) in [6.45, 7) is 1.90. The first kappa shape index (κ1) is 14.6. The van der Waals surface area contributed by atoms with E-state index in [1.165, 1.54) is 0 Å². The normalized spacial score (nSPS) is 16.6. The van der Waals surface area contributed by atoms with Gasteiger partial charge < -0.3 is 10.1 Å². The second-order valence-electron chi connectivity index (χ2n) is 5.20. The minimum atomic E-state index is -0.849. The van der Waals surface area contributed by atoms with Crippen molar-refractivity contribution in [3.63, 3.8) is 0 Å². The smallest absolute Gasteiger partial charge is 0.339 e. The number of halogens is 1. The van der Waals surface area contributed by atoms with Crippen molar-refractivity contribution in [1.29, 1.82) is 0 Å². The molecule has 112 valence electrons. The van der Waals surface area contributed by atoms with Gasteiger partial charge in [0.1, 0.15) is 0 Å². The van der Waals surface area contributed by atoms with Crippen LogP contribution in [-0.4, -0.2) is 18.0 Å².